The van der Waals surface area contributed by atoms with Gasteiger partial charge in [0.2, 0.25) is 5.95 Å². The molecule has 0 radical (unpaired) electrons. The minimum atomic E-state index is -0.122. The molecular formula is C16H25N5O2. The lowest BCUT2D eigenvalue weighted by Crippen LogP contribution is -2.45. The number of anilines is 1. The number of aryl methyl sites for hydroxylation is 1. The highest BCUT2D eigenvalue weighted by molar-refractivity contribution is 5.95. The summed E-state index contributed by atoms with van der Waals surface area (Å²) in [4.78, 5) is 25.7. The van der Waals surface area contributed by atoms with Gasteiger partial charge in [-0.05, 0) is 26.8 Å². The van der Waals surface area contributed by atoms with E-state index in [0.717, 1.165) is 51.3 Å². The van der Waals surface area contributed by atoms with Crippen molar-refractivity contribution in [3.63, 3.8) is 0 Å². The molecule has 2 saturated heterocycles. The molecule has 7 nitrogen and oxygen atoms in total. The number of rotatable bonds is 4. The number of aromatic nitrogens is 2. The zero-order valence-electron chi connectivity index (χ0n) is 13.9. The average molecular weight is 319 g/mol. The summed E-state index contributed by atoms with van der Waals surface area (Å²) in [6.07, 6.45) is 3.87. The van der Waals surface area contributed by atoms with E-state index in [9.17, 15) is 4.79 Å². The van der Waals surface area contributed by atoms with E-state index in [1.807, 2.05) is 6.92 Å². The molecule has 0 aromatic carbocycles. The molecule has 1 amide bonds. The van der Waals surface area contributed by atoms with Crippen molar-refractivity contribution in [3.05, 3.63) is 17.5 Å². The van der Waals surface area contributed by atoms with Gasteiger partial charge in [-0.3, -0.25) is 4.79 Å². The van der Waals surface area contributed by atoms with Crippen LogP contribution < -0.4 is 10.2 Å². The summed E-state index contributed by atoms with van der Waals surface area (Å²) in [6, 6.07) is 0. The summed E-state index contributed by atoms with van der Waals surface area (Å²) in [5, 5.41) is 2.92. The Hall–Kier alpha value is -1.73. The van der Waals surface area contributed by atoms with Crippen LogP contribution in [0.1, 0.15) is 28.9 Å². The fourth-order valence-corrected chi connectivity index (χ4v) is 2.94. The molecule has 1 aromatic rings. The SMILES string of the molecule is Cc1nc(N2CCN(C)CC2)ncc1C(=O)NCC1CCCO1. The number of carbonyl (C=O) groups is 1. The number of ether oxygens (including phenoxy) is 1. The molecule has 0 aliphatic carbocycles. The number of nitrogens with zero attached hydrogens (tertiary/aromatic N) is 4. The number of likely N-dealkylation sites (N-methyl/N-ethyl adjacent to an activating group) is 1. The van der Waals surface area contributed by atoms with Crippen LogP contribution in [0.2, 0.25) is 0 Å². The minimum absolute atomic E-state index is 0.122. The summed E-state index contributed by atoms with van der Waals surface area (Å²) in [7, 11) is 2.12. The maximum atomic E-state index is 12.3. The summed E-state index contributed by atoms with van der Waals surface area (Å²) in [5.74, 6) is 0.592. The van der Waals surface area contributed by atoms with E-state index >= 15 is 0 Å². The highest BCUT2D eigenvalue weighted by atomic mass is 16.5. The summed E-state index contributed by atoms with van der Waals surface area (Å²) in [5.41, 5.74) is 1.26. The molecule has 0 spiro atoms. The monoisotopic (exact) mass is 319 g/mol. The fourth-order valence-electron chi connectivity index (χ4n) is 2.94. The highest BCUT2D eigenvalue weighted by Gasteiger charge is 2.20. The average Bonchev–Trinajstić information content (AvgIpc) is 3.06. The maximum absolute atomic E-state index is 12.3. The lowest BCUT2D eigenvalue weighted by molar-refractivity contribution is 0.0856. The van der Waals surface area contributed by atoms with Crippen LogP contribution >= 0.6 is 0 Å². The second-order valence-electron chi connectivity index (χ2n) is 6.30. The van der Waals surface area contributed by atoms with Gasteiger partial charge in [0.1, 0.15) is 0 Å². The van der Waals surface area contributed by atoms with Crippen molar-refractivity contribution in [2.75, 3.05) is 51.3 Å². The molecule has 3 heterocycles. The van der Waals surface area contributed by atoms with Crippen molar-refractivity contribution >= 4 is 11.9 Å². The van der Waals surface area contributed by atoms with Gasteiger partial charge < -0.3 is 19.9 Å². The highest BCUT2D eigenvalue weighted by Crippen LogP contribution is 2.14. The molecule has 1 N–H and O–H groups in total. The van der Waals surface area contributed by atoms with Crippen LogP contribution in [0.5, 0.6) is 0 Å². The molecule has 23 heavy (non-hydrogen) atoms. The molecule has 0 bridgehead atoms. The van der Waals surface area contributed by atoms with Gasteiger partial charge in [-0.15, -0.1) is 0 Å². The topological polar surface area (TPSA) is 70.6 Å². The normalized spacial score (nSPS) is 22.3. The van der Waals surface area contributed by atoms with Crippen molar-refractivity contribution in [1.82, 2.24) is 20.2 Å². The Morgan fingerprint density at radius 2 is 2.17 bits per heavy atom. The molecule has 3 rings (SSSR count). The van der Waals surface area contributed by atoms with Gasteiger partial charge in [0.15, 0.2) is 0 Å². The lowest BCUT2D eigenvalue weighted by Gasteiger charge is -2.32. The largest absolute Gasteiger partial charge is 0.376 e. The molecular weight excluding hydrogens is 294 g/mol. The van der Waals surface area contributed by atoms with Gasteiger partial charge in [-0.1, -0.05) is 0 Å². The Balaban J connectivity index is 1.60. The third-order valence-corrected chi connectivity index (χ3v) is 4.51. The number of amides is 1. The first kappa shape index (κ1) is 16.1. The Morgan fingerprint density at radius 1 is 1.39 bits per heavy atom. The van der Waals surface area contributed by atoms with Gasteiger partial charge >= 0.3 is 0 Å². The number of carbonyl (C=O) groups excluding carboxylic acids is 1. The zero-order valence-corrected chi connectivity index (χ0v) is 13.9. The van der Waals surface area contributed by atoms with E-state index in [2.05, 4.69) is 32.1 Å². The smallest absolute Gasteiger partial charge is 0.254 e. The second-order valence-corrected chi connectivity index (χ2v) is 6.30. The van der Waals surface area contributed by atoms with Crippen molar-refractivity contribution < 1.29 is 9.53 Å². The van der Waals surface area contributed by atoms with Gasteiger partial charge in [0.05, 0.1) is 17.4 Å². The van der Waals surface area contributed by atoms with E-state index in [4.69, 9.17) is 4.74 Å². The van der Waals surface area contributed by atoms with E-state index < -0.39 is 0 Å². The molecule has 0 saturated carbocycles. The molecule has 7 heteroatoms. The number of hydrogen-bond acceptors (Lipinski definition) is 6. The van der Waals surface area contributed by atoms with Crippen LogP contribution in [0.15, 0.2) is 6.20 Å². The van der Waals surface area contributed by atoms with Crippen LogP contribution in [-0.2, 0) is 4.74 Å². The van der Waals surface area contributed by atoms with Gasteiger partial charge in [0, 0.05) is 45.5 Å². The Kier molecular flexibility index (Phi) is 5.07. The second kappa shape index (κ2) is 7.23. The third-order valence-electron chi connectivity index (χ3n) is 4.51. The fraction of sp³-hybridized carbons (Fsp3) is 0.688. The molecule has 1 aromatic heterocycles. The minimum Gasteiger partial charge on any atom is -0.376 e. The molecule has 2 fully saturated rings. The molecule has 126 valence electrons. The van der Waals surface area contributed by atoms with Crippen LogP contribution in [0.4, 0.5) is 5.95 Å². The van der Waals surface area contributed by atoms with Crippen molar-refractivity contribution in [2.24, 2.45) is 0 Å². The third kappa shape index (κ3) is 3.97. The predicted octanol–water partition coefficient (Wildman–Crippen LogP) is 0.446. The Labute approximate surface area is 137 Å². The number of piperazine rings is 1. The van der Waals surface area contributed by atoms with E-state index in [1.54, 1.807) is 6.20 Å². The van der Waals surface area contributed by atoms with Crippen molar-refractivity contribution in [1.29, 1.82) is 0 Å². The lowest BCUT2D eigenvalue weighted by atomic mass is 10.2. The van der Waals surface area contributed by atoms with E-state index in [0.29, 0.717) is 18.1 Å². The quantitative estimate of drug-likeness (QED) is 0.869. The van der Waals surface area contributed by atoms with E-state index in [1.165, 1.54) is 0 Å². The standard InChI is InChI=1S/C16H25N5O2/c1-12-14(15(22)17-10-13-4-3-9-23-13)11-18-16(19-12)21-7-5-20(2)6-8-21/h11,13H,3-10H2,1-2H3,(H,17,22). The Morgan fingerprint density at radius 3 is 2.83 bits per heavy atom. The Bertz CT molecular complexity index is 551. The summed E-state index contributed by atoms with van der Waals surface area (Å²) in [6.45, 7) is 7.06. The first-order valence-electron chi connectivity index (χ1n) is 8.30. The summed E-state index contributed by atoms with van der Waals surface area (Å²) < 4.78 is 5.52. The van der Waals surface area contributed by atoms with Gasteiger partial charge in [0.25, 0.3) is 5.91 Å². The van der Waals surface area contributed by atoms with Crippen LogP contribution in [0.25, 0.3) is 0 Å². The predicted molar refractivity (Wildman–Crippen MR) is 87.8 cm³/mol. The van der Waals surface area contributed by atoms with Crippen molar-refractivity contribution in [3.8, 4) is 0 Å². The molecule has 2 aliphatic heterocycles. The summed E-state index contributed by atoms with van der Waals surface area (Å²) >= 11 is 0. The molecule has 1 unspecified atom stereocenters. The van der Waals surface area contributed by atoms with Crippen LogP contribution in [0.3, 0.4) is 0 Å². The van der Waals surface area contributed by atoms with Crippen LogP contribution in [-0.4, -0.2) is 73.3 Å². The zero-order chi connectivity index (χ0) is 16.2. The van der Waals surface area contributed by atoms with Gasteiger partial charge in [-0.2, -0.15) is 0 Å². The van der Waals surface area contributed by atoms with Gasteiger partial charge in [-0.25, -0.2) is 9.97 Å². The molecule has 1 atom stereocenters. The number of nitrogens with one attached hydrogen (secondary N) is 1. The maximum Gasteiger partial charge on any atom is 0.254 e. The van der Waals surface area contributed by atoms with E-state index in [-0.39, 0.29) is 12.0 Å². The van der Waals surface area contributed by atoms with Crippen LogP contribution in [0, 0.1) is 6.92 Å². The van der Waals surface area contributed by atoms with Crippen molar-refractivity contribution in [2.45, 2.75) is 25.9 Å². The first-order chi connectivity index (χ1) is 11.1. The first-order valence-corrected chi connectivity index (χ1v) is 8.30. The number of hydrogen-bond donors (Lipinski definition) is 1. The molecule has 2 aliphatic rings.